The van der Waals surface area contributed by atoms with Gasteiger partial charge < -0.3 is 19.1 Å². The summed E-state index contributed by atoms with van der Waals surface area (Å²) in [6, 6.07) is 3.54. The maximum atomic E-state index is 12.1. The number of aliphatic imine (C=N–C) groups is 1. The molecule has 0 saturated carbocycles. The summed E-state index contributed by atoms with van der Waals surface area (Å²) in [6.45, 7) is 3.90. The van der Waals surface area contributed by atoms with Crippen molar-refractivity contribution in [3.63, 3.8) is 0 Å². The first-order valence-electron chi connectivity index (χ1n) is 6.79. The van der Waals surface area contributed by atoms with E-state index in [1.54, 1.807) is 36.4 Å². The van der Waals surface area contributed by atoms with Crippen LogP contribution in [0.1, 0.15) is 0 Å². The number of nitrogens with zero attached hydrogens (tertiary/aromatic N) is 2. The third kappa shape index (κ3) is 3.92. The van der Waals surface area contributed by atoms with Gasteiger partial charge in [0.05, 0.1) is 37.1 Å². The van der Waals surface area contributed by atoms with Gasteiger partial charge in [0.2, 0.25) is 0 Å². The number of carbonyl (C=O) groups is 1. The average Bonchev–Trinajstić information content (AvgIpc) is 2.56. The third-order valence-corrected chi connectivity index (χ3v) is 3.80. The lowest BCUT2D eigenvalue weighted by atomic mass is 10.2. The molecule has 0 aliphatic carbocycles. The van der Waals surface area contributed by atoms with Crippen LogP contribution in [-0.2, 0) is 9.53 Å². The number of hydrogen-bond acceptors (Lipinski definition) is 5. The van der Waals surface area contributed by atoms with Gasteiger partial charge >= 0.3 is 0 Å². The van der Waals surface area contributed by atoms with Gasteiger partial charge in [0.25, 0.3) is 5.91 Å². The van der Waals surface area contributed by atoms with E-state index < -0.39 is 0 Å². The second-order valence-electron chi connectivity index (χ2n) is 4.52. The van der Waals surface area contributed by atoms with E-state index in [2.05, 4.69) is 27.5 Å². The summed E-state index contributed by atoms with van der Waals surface area (Å²) in [6.07, 6.45) is 4.69. The number of halogens is 1. The maximum absolute atomic E-state index is 12.1. The second-order valence-corrected chi connectivity index (χ2v) is 5.37. The van der Waals surface area contributed by atoms with E-state index in [1.807, 2.05) is 0 Å². The normalized spacial score (nSPS) is 14.5. The number of amides is 1. The Kier molecular flexibility index (Phi) is 5.81. The fourth-order valence-corrected chi connectivity index (χ4v) is 2.49. The fourth-order valence-electron chi connectivity index (χ4n) is 2.00. The number of carbonyl (C=O) groups excluding carboxylic acids is 1. The van der Waals surface area contributed by atoms with E-state index in [1.165, 1.54) is 13.3 Å². The van der Waals surface area contributed by atoms with Crippen LogP contribution < -0.4 is 14.4 Å². The minimum Gasteiger partial charge on any atom is -0.495 e. The molecule has 0 bridgehead atoms. The summed E-state index contributed by atoms with van der Waals surface area (Å²) < 4.78 is 16.5. The summed E-state index contributed by atoms with van der Waals surface area (Å²) in [5.41, 5.74) is 0.646. The van der Waals surface area contributed by atoms with Gasteiger partial charge in [-0.3, -0.25) is 9.79 Å². The molecule has 6 nitrogen and oxygen atoms in total. The molecule has 0 unspecified atom stereocenters. The van der Waals surface area contributed by atoms with Crippen LogP contribution in [0.15, 0.2) is 46.2 Å². The number of allylic oxidation sites excluding steroid dienone is 1. The van der Waals surface area contributed by atoms with Gasteiger partial charge in [0.1, 0.15) is 17.3 Å². The zero-order valence-corrected chi connectivity index (χ0v) is 14.5. The van der Waals surface area contributed by atoms with Crippen LogP contribution in [-0.4, -0.2) is 39.5 Å². The highest BCUT2D eigenvalue weighted by molar-refractivity contribution is 9.10. The summed E-state index contributed by atoms with van der Waals surface area (Å²) in [7, 11) is 3.10. The molecule has 1 aliphatic heterocycles. The molecule has 1 heterocycles. The standard InChI is InChI=1S/C16H17BrN2O4/c1-4-11(21-2)9-18-5-6-19-13-8-14(22-3)12(17)7-15(13)23-10-16(19)20/h4-5,7-9H,1,6,10H2,2-3H3/b11-9+,18-5?. The highest BCUT2D eigenvalue weighted by Crippen LogP contribution is 2.40. The number of fused-ring (bicyclic) bond motifs is 1. The predicted octanol–water partition coefficient (Wildman–Crippen LogP) is 2.93. The van der Waals surface area contributed by atoms with Crippen molar-refractivity contribution in [2.75, 3.05) is 32.3 Å². The van der Waals surface area contributed by atoms with Crippen LogP contribution in [0.2, 0.25) is 0 Å². The van der Waals surface area contributed by atoms with E-state index >= 15 is 0 Å². The Labute approximate surface area is 143 Å². The molecule has 0 saturated heterocycles. The lowest BCUT2D eigenvalue weighted by molar-refractivity contribution is -0.121. The average molecular weight is 381 g/mol. The summed E-state index contributed by atoms with van der Waals surface area (Å²) in [5, 5.41) is 0. The first kappa shape index (κ1) is 17.1. The summed E-state index contributed by atoms with van der Waals surface area (Å²) in [5.74, 6) is 1.63. The molecule has 2 rings (SSSR count). The number of rotatable bonds is 6. The van der Waals surface area contributed by atoms with Gasteiger partial charge in [0, 0.05) is 18.3 Å². The van der Waals surface area contributed by atoms with Crippen LogP contribution in [0.4, 0.5) is 5.69 Å². The lowest BCUT2D eigenvalue weighted by Crippen LogP contribution is -2.39. The SMILES string of the molecule is C=C/C(=C\N=CCN1C(=O)COc2cc(Br)c(OC)cc21)OC. The Balaban J connectivity index is 2.23. The topological polar surface area (TPSA) is 60.4 Å². The Morgan fingerprint density at radius 1 is 1.52 bits per heavy atom. The molecule has 122 valence electrons. The highest BCUT2D eigenvalue weighted by Gasteiger charge is 2.26. The van der Waals surface area contributed by atoms with Gasteiger partial charge in [-0.05, 0) is 22.0 Å². The minimum atomic E-state index is -0.145. The first-order valence-corrected chi connectivity index (χ1v) is 7.59. The predicted molar refractivity (Wildman–Crippen MR) is 92.3 cm³/mol. The minimum absolute atomic E-state index is 0.00850. The van der Waals surface area contributed by atoms with Gasteiger partial charge in [-0.25, -0.2) is 0 Å². The summed E-state index contributed by atoms with van der Waals surface area (Å²) in [4.78, 5) is 17.8. The Morgan fingerprint density at radius 3 is 2.96 bits per heavy atom. The molecule has 1 aliphatic rings. The number of benzene rings is 1. The monoisotopic (exact) mass is 380 g/mol. The molecule has 0 atom stereocenters. The van der Waals surface area contributed by atoms with Crippen molar-refractivity contribution in [3.8, 4) is 11.5 Å². The van der Waals surface area contributed by atoms with E-state index in [0.717, 1.165) is 4.47 Å². The molecule has 1 amide bonds. The van der Waals surface area contributed by atoms with Crippen LogP contribution in [0, 0.1) is 0 Å². The van der Waals surface area contributed by atoms with Crippen molar-refractivity contribution in [1.82, 2.24) is 0 Å². The van der Waals surface area contributed by atoms with Crippen LogP contribution >= 0.6 is 15.9 Å². The zero-order valence-electron chi connectivity index (χ0n) is 12.9. The quantitative estimate of drug-likeness (QED) is 0.432. The van der Waals surface area contributed by atoms with Crippen LogP contribution in [0.25, 0.3) is 0 Å². The molecule has 1 aromatic rings. The molecule has 0 N–H and O–H groups in total. The Morgan fingerprint density at radius 2 is 2.30 bits per heavy atom. The second kappa shape index (κ2) is 7.82. The van der Waals surface area contributed by atoms with Gasteiger partial charge in [-0.2, -0.15) is 0 Å². The Hall–Kier alpha value is -2.28. The summed E-state index contributed by atoms with van der Waals surface area (Å²) >= 11 is 3.40. The molecule has 0 radical (unpaired) electrons. The number of anilines is 1. The highest BCUT2D eigenvalue weighted by atomic mass is 79.9. The fraction of sp³-hybridized carbons (Fsp3) is 0.250. The molecule has 0 spiro atoms. The molecule has 0 aromatic heterocycles. The maximum Gasteiger partial charge on any atom is 0.265 e. The molecule has 23 heavy (non-hydrogen) atoms. The smallest absolute Gasteiger partial charge is 0.265 e. The number of ether oxygens (including phenoxy) is 3. The van der Waals surface area contributed by atoms with Crippen molar-refractivity contribution in [1.29, 1.82) is 0 Å². The van der Waals surface area contributed by atoms with Crippen molar-refractivity contribution in [3.05, 3.63) is 41.2 Å². The van der Waals surface area contributed by atoms with Crippen LogP contribution in [0.5, 0.6) is 11.5 Å². The van der Waals surface area contributed by atoms with E-state index in [9.17, 15) is 4.79 Å². The van der Waals surface area contributed by atoms with Crippen molar-refractivity contribution >= 4 is 33.7 Å². The van der Waals surface area contributed by atoms with Crippen molar-refractivity contribution < 1.29 is 19.0 Å². The zero-order chi connectivity index (χ0) is 16.8. The molecule has 0 fully saturated rings. The third-order valence-electron chi connectivity index (χ3n) is 3.18. The molecule has 1 aromatic carbocycles. The Bertz CT molecular complexity index is 670. The van der Waals surface area contributed by atoms with Crippen LogP contribution in [0.3, 0.4) is 0 Å². The van der Waals surface area contributed by atoms with Gasteiger partial charge in [0.15, 0.2) is 6.61 Å². The van der Waals surface area contributed by atoms with E-state index in [4.69, 9.17) is 14.2 Å². The largest absolute Gasteiger partial charge is 0.495 e. The van der Waals surface area contributed by atoms with Gasteiger partial charge in [-0.1, -0.05) is 6.58 Å². The van der Waals surface area contributed by atoms with Crippen molar-refractivity contribution in [2.24, 2.45) is 4.99 Å². The number of hydrogen-bond donors (Lipinski definition) is 0. The molecular formula is C16H17BrN2O4. The van der Waals surface area contributed by atoms with E-state index in [-0.39, 0.29) is 12.5 Å². The van der Waals surface area contributed by atoms with E-state index in [0.29, 0.717) is 29.5 Å². The van der Waals surface area contributed by atoms with Crippen molar-refractivity contribution in [2.45, 2.75) is 0 Å². The number of methoxy groups -OCH3 is 2. The lowest BCUT2D eigenvalue weighted by Gasteiger charge is -2.28. The first-order chi connectivity index (χ1) is 11.1. The molecular weight excluding hydrogens is 364 g/mol. The van der Waals surface area contributed by atoms with Gasteiger partial charge in [-0.15, -0.1) is 0 Å². The molecule has 7 heteroatoms.